The van der Waals surface area contributed by atoms with Crippen LogP contribution in [-0.4, -0.2) is 43.4 Å². The van der Waals surface area contributed by atoms with Crippen LogP contribution in [0, 0.1) is 6.92 Å². The van der Waals surface area contributed by atoms with Gasteiger partial charge in [0.1, 0.15) is 6.61 Å². The SMILES string of the molecule is CCOC(=O)C1=C(C)N=c2s/c(=C\c3cc(Cl)c(OCc4cccc(C)c4)c(Br)c3)c(=O)n2[C@H]1c1ccc(OCC(=O)OC)c(OCC)c1. The number of hydrogen-bond donors (Lipinski definition) is 0. The van der Waals surface area contributed by atoms with Crippen molar-refractivity contribution in [3.8, 4) is 17.2 Å². The highest BCUT2D eigenvalue weighted by Gasteiger charge is 2.34. The molecule has 13 heteroatoms. The normalized spacial score (nSPS) is 14.2. The lowest BCUT2D eigenvalue weighted by Gasteiger charge is -2.25. The number of benzene rings is 3. The van der Waals surface area contributed by atoms with Gasteiger partial charge in [-0.1, -0.05) is 58.8 Å². The fourth-order valence-electron chi connectivity index (χ4n) is 5.29. The lowest BCUT2D eigenvalue weighted by Crippen LogP contribution is -2.40. The van der Waals surface area contributed by atoms with Gasteiger partial charge in [-0.05, 0) is 90.7 Å². The summed E-state index contributed by atoms with van der Waals surface area (Å²) >= 11 is 11.4. The zero-order valence-electron chi connectivity index (χ0n) is 27.5. The van der Waals surface area contributed by atoms with Crippen LogP contribution < -0.4 is 29.1 Å². The Labute approximate surface area is 300 Å². The first-order valence-electron chi connectivity index (χ1n) is 15.4. The number of rotatable bonds is 12. The third-order valence-corrected chi connectivity index (χ3v) is 9.31. The van der Waals surface area contributed by atoms with E-state index in [9.17, 15) is 14.4 Å². The first-order chi connectivity index (χ1) is 23.5. The number of methoxy groups -OCH3 is 1. The zero-order valence-corrected chi connectivity index (χ0v) is 30.7. The molecule has 0 bridgehead atoms. The molecule has 1 aromatic heterocycles. The van der Waals surface area contributed by atoms with Gasteiger partial charge in [-0.15, -0.1) is 0 Å². The summed E-state index contributed by atoms with van der Waals surface area (Å²) in [6.07, 6.45) is 1.72. The van der Waals surface area contributed by atoms with Gasteiger partial charge in [-0.3, -0.25) is 9.36 Å². The van der Waals surface area contributed by atoms with E-state index in [-0.39, 0.29) is 24.3 Å². The van der Waals surface area contributed by atoms with E-state index in [0.717, 1.165) is 11.1 Å². The molecule has 3 aromatic carbocycles. The van der Waals surface area contributed by atoms with Gasteiger partial charge in [-0.25, -0.2) is 14.6 Å². The summed E-state index contributed by atoms with van der Waals surface area (Å²) in [5.74, 6) is -0.0345. The maximum absolute atomic E-state index is 14.2. The molecule has 5 rings (SSSR count). The highest BCUT2D eigenvalue weighted by atomic mass is 79.9. The lowest BCUT2D eigenvalue weighted by molar-refractivity contribution is -0.143. The number of hydrogen-bond acceptors (Lipinski definition) is 10. The van der Waals surface area contributed by atoms with Crippen molar-refractivity contribution in [1.82, 2.24) is 4.57 Å². The number of carbonyl (C=O) groups is 2. The van der Waals surface area contributed by atoms with Gasteiger partial charge in [-0.2, -0.15) is 0 Å². The fourth-order valence-corrected chi connectivity index (χ4v) is 7.33. The monoisotopic (exact) mass is 768 g/mol. The average molecular weight is 770 g/mol. The van der Waals surface area contributed by atoms with Gasteiger partial charge < -0.3 is 23.7 Å². The average Bonchev–Trinajstić information content (AvgIpc) is 3.36. The van der Waals surface area contributed by atoms with Crippen LogP contribution in [-0.2, 0) is 25.7 Å². The highest BCUT2D eigenvalue weighted by molar-refractivity contribution is 9.10. The van der Waals surface area contributed by atoms with Crippen LogP contribution >= 0.6 is 38.9 Å². The summed E-state index contributed by atoms with van der Waals surface area (Å²) in [6.45, 7) is 7.70. The van der Waals surface area contributed by atoms with Crippen molar-refractivity contribution in [1.29, 1.82) is 0 Å². The summed E-state index contributed by atoms with van der Waals surface area (Å²) in [5, 5.41) is 0.373. The van der Waals surface area contributed by atoms with Gasteiger partial charge in [0, 0.05) is 0 Å². The van der Waals surface area contributed by atoms with Crippen LogP contribution in [0.15, 0.2) is 80.1 Å². The summed E-state index contributed by atoms with van der Waals surface area (Å²) in [6, 6.07) is 15.7. The van der Waals surface area contributed by atoms with Crippen molar-refractivity contribution in [3.05, 3.63) is 117 Å². The molecular formula is C36H34BrClN2O8S. The van der Waals surface area contributed by atoms with E-state index in [1.807, 2.05) is 37.3 Å². The topological polar surface area (TPSA) is 115 Å². The molecule has 0 N–H and O–H groups in total. The van der Waals surface area contributed by atoms with Gasteiger partial charge in [0.05, 0.1) is 51.7 Å². The Bertz CT molecular complexity index is 2100. The molecule has 0 spiro atoms. The number of halogens is 2. The first-order valence-corrected chi connectivity index (χ1v) is 17.4. The third kappa shape index (κ3) is 8.09. The molecule has 1 aliphatic heterocycles. The van der Waals surface area contributed by atoms with Gasteiger partial charge in [0.25, 0.3) is 5.56 Å². The van der Waals surface area contributed by atoms with Crippen molar-refractivity contribution in [3.63, 3.8) is 0 Å². The molecular weight excluding hydrogens is 736 g/mol. The van der Waals surface area contributed by atoms with Gasteiger partial charge in [0.2, 0.25) is 0 Å². The molecule has 0 unspecified atom stereocenters. The Morgan fingerprint density at radius 1 is 1.02 bits per heavy atom. The predicted molar refractivity (Wildman–Crippen MR) is 190 cm³/mol. The van der Waals surface area contributed by atoms with Crippen LogP contribution in [0.2, 0.25) is 5.02 Å². The van der Waals surface area contributed by atoms with E-state index in [2.05, 4.69) is 25.7 Å². The molecule has 0 saturated heterocycles. The minimum atomic E-state index is -0.890. The van der Waals surface area contributed by atoms with Crippen molar-refractivity contribution < 1.29 is 33.3 Å². The third-order valence-electron chi connectivity index (χ3n) is 7.46. The molecule has 0 amide bonds. The number of esters is 2. The molecule has 4 aromatic rings. The number of fused-ring (bicyclic) bond motifs is 1. The molecule has 10 nitrogen and oxygen atoms in total. The summed E-state index contributed by atoms with van der Waals surface area (Å²) in [7, 11) is 1.27. The molecule has 0 fully saturated rings. The molecule has 0 aliphatic carbocycles. The Morgan fingerprint density at radius 2 is 1.82 bits per heavy atom. The number of allylic oxidation sites excluding steroid dienone is 1. The maximum atomic E-state index is 14.2. The van der Waals surface area contributed by atoms with Crippen LogP contribution in [0.1, 0.15) is 49.1 Å². The standard InChI is InChI=1S/C36H34BrClN2O8S/c1-6-45-28-17-24(11-12-27(28)47-19-30(41)44-5)32-31(35(43)46-7-2)21(4)39-36-40(32)34(42)29(49-36)16-23-14-25(37)33(26(38)15-23)48-18-22-10-8-9-20(3)13-22/h8-17,32H,6-7,18-19H2,1-5H3/b29-16-/t32-/m0/s1. The van der Waals surface area contributed by atoms with Gasteiger partial charge >= 0.3 is 11.9 Å². The molecule has 256 valence electrons. The number of aryl methyl sites for hydroxylation is 1. The van der Waals surface area contributed by atoms with E-state index in [1.54, 1.807) is 51.1 Å². The molecule has 1 atom stereocenters. The number of ether oxygens (including phenoxy) is 5. The zero-order chi connectivity index (χ0) is 35.2. The van der Waals surface area contributed by atoms with E-state index in [4.69, 9.17) is 30.5 Å². The molecule has 0 radical (unpaired) electrons. The summed E-state index contributed by atoms with van der Waals surface area (Å²) < 4.78 is 30.1. The van der Waals surface area contributed by atoms with Crippen molar-refractivity contribution in [2.24, 2.45) is 4.99 Å². The minimum absolute atomic E-state index is 0.137. The Balaban J connectivity index is 1.57. The Kier molecular flexibility index (Phi) is 11.6. The minimum Gasteiger partial charge on any atom is -0.490 e. The second-order valence-electron chi connectivity index (χ2n) is 10.9. The van der Waals surface area contributed by atoms with Crippen LogP contribution in [0.3, 0.4) is 0 Å². The lowest BCUT2D eigenvalue weighted by atomic mass is 9.95. The van der Waals surface area contributed by atoms with Gasteiger partial charge in [0.15, 0.2) is 28.7 Å². The molecule has 1 aliphatic rings. The highest BCUT2D eigenvalue weighted by Crippen LogP contribution is 2.37. The second-order valence-corrected chi connectivity index (χ2v) is 13.2. The van der Waals surface area contributed by atoms with Crippen molar-refractivity contribution in [2.45, 2.75) is 40.3 Å². The Hall–Kier alpha value is -4.39. The smallest absolute Gasteiger partial charge is 0.343 e. The van der Waals surface area contributed by atoms with Crippen LogP contribution in [0.25, 0.3) is 6.08 Å². The number of thiazole rings is 1. The van der Waals surface area contributed by atoms with Crippen LogP contribution in [0.4, 0.5) is 0 Å². The molecule has 49 heavy (non-hydrogen) atoms. The van der Waals surface area contributed by atoms with E-state index >= 15 is 0 Å². The second kappa shape index (κ2) is 15.9. The number of nitrogens with zero attached hydrogens (tertiary/aromatic N) is 2. The summed E-state index contributed by atoms with van der Waals surface area (Å²) in [4.78, 5) is 44.3. The van der Waals surface area contributed by atoms with E-state index in [0.29, 0.717) is 66.1 Å². The first kappa shape index (κ1) is 35.9. The predicted octanol–water partition coefficient (Wildman–Crippen LogP) is 6.05. The van der Waals surface area contributed by atoms with Crippen LogP contribution in [0.5, 0.6) is 17.2 Å². The maximum Gasteiger partial charge on any atom is 0.343 e. The van der Waals surface area contributed by atoms with E-state index < -0.39 is 18.0 Å². The largest absolute Gasteiger partial charge is 0.490 e. The number of aromatic nitrogens is 1. The summed E-state index contributed by atoms with van der Waals surface area (Å²) in [5.41, 5.74) is 3.63. The molecule has 2 heterocycles. The fraction of sp³-hybridized carbons (Fsp3) is 0.278. The molecule has 0 saturated carbocycles. The number of carbonyl (C=O) groups excluding carboxylic acids is 2. The van der Waals surface area contributed by atoms with Crippen molar-refractivity contribution in [2.75, 3.05) is 26.9 Å². The quantitative estimate of drug-likeness (QED) is 0.160. The Morgan fingerprint density at radius 3 is 2.51 bits per heavy atom. The van der Waals surface area contributed by atoms with E-state index in [1.165, 1.54) is 23.0 Å². The van der Waals surface area contributed by atoms with Crippen molar-refractivity contribution >= 4 is 56.9 Å².